The van der Waals surface area contributed by atoms with Crippen LogP contribution >= 0.6 is 0 Å². The third-order valence-corrected chi connectivity index (χ3v) is 6.23. The van der Waals surface area contributed by atoms with Crippen LogP contribution in [-0.2, 0) is 14.9 Å². The highest BCUT2D eigenvalue weighted by Crippen LogP contribution is 2.56. The van der Waals surface area contributed by atoms with E-state index in [1.54, 1.807) is 0 Å². The van der Waals surface area contributed by atoms with E-state index in [4.69, 9.17) is 16.6 Å². The van der Waals surface area contributed by atoms with Crippen LogP contribution in [0.25, 0.3) is 0 Å². The van der Waals surface area contributed by atoms with E-state index >= 15 is 0 Å². The number of hydrogen-bond acceptors (Lipinski definition) is 9. The average Bonchev–Trinajstić information content (AvgIpc) is 3.31. The molecule has 5 N–H and O–H groups in total. The molecule has 0 aliphatic carbocycles. The summed E-state index contributed by atoms with van der Waals surface area (Å²) in [6.07, 6.45) is -12.0. The number of nitrogens with two attached hydrogens (primary N) is 2. The Bertz CT molecular complexity index is 1580. The summed E-state index contributed by atoms with van der Waals surface area (Å²) >= 11 is 0. The number of anilines is 2. The van der Waals surface area contributed by atoms with Crippen molar-refractivity contribution in [3.05, 3.63) is 93.5 Å². The molecule has 10 nitrogen and oxygen atoms in total. The molecule has 3 aromatic carbocycles. The van der Waals surface area contributed by atoms with Crippen molar-refractivity contribution in [2.45, 2.75) is 17.8 Å². The van der Waals surface area contributed by atoms with E-state index in [1.807, 2.05) is 0 Å². The van der Waals surface area contributed by atoms with Crippen molar-refractivity contribution in [3.8, 4) is 0 Å². The van der Waals surface area contributed by atoms with E-state index in [0.717, 1.165) is 0 Å². The van der Waals surface area contributed by atoms with Gasteiger partial charge in [0.2, 0.25) is 5.41 Å². The van der Waals surface area contributed by atoms with Crippen molar-refractivity contribution in [3.63, 3.8) is 0 Å². The second kappa shape index (κ2) is 9.90. The van der Waals surface area contributed by atoms with Crippen LogP contribution in [0.1, 0.15) is 62.9 Å². The van der Waals surface area contributed by atoms with Crippen molar-refractivity contribution in [2.24, 2.45) is 0 Å². The zero-order valence-electron chi connectivity index (χ0n) is 20.4. The molecular weight excluding hydrogens is 582 g/mol. The smallest absolute Gasteiger partial charge is 0.411 e. The lowest BCUT2D eigenvalue weighted by molar-refractivity contribution is -0.288. The van der Waals surface area contributed by atoms with E-state index in [9.17, 15) is 50.3 Å². The van der Waals surface area contributed by atoms with Crippen LogP contribution in [-0.4, -0.2) is 47.3 Å². The van der Waals surface area contributed by atoms with Gasteiger partial charge in [0, 0.05) is 11.4 Å². The van der Waals surface area contributed by atoms with Crippen LogP contribution in [0.3, 0.4) is 0 Å². The van der Waals surface area contributed by atoms with Crippen LogP contribution in [0.5, 0.6) is 0 Å². The van der Waals surface area contributed by atoms with Crippen molar-refractivity contribution in [1.29, 1.82) is 0 Å². The summed E-state index contributed by atoms with van der Waals surface area (Å²) in [5, 5.41) is 8.52. The molecule has 0 fully saturated rings. The number of halogens is 6. The summed E-state index contributed by atoms with van der Waals surface area (Å²) < 4.78 is 93.7. The third-order valence-electron chi connectivity index (χ3n) is 6.23. The molecule has 0 bridgehead atoms. The molecule has 42 heavy (non-hydrogen) atoms. The van der Waals surface area contributed by atoms with Crippen LogP contribution in [0.4, 0.5) is 37.7 Å². The van der Waals surface area contributed by atoms with Crippen LogP contribution in [0, 0.1) is 0 Å². The first-order valence-corrected chi connectivity index (χ1v) is 11.2. The highest BCUT2D eigenvalue weighted by molar-refractivity contribution is 6.15. The van der Waals surface area contributed by atoms with E-state index < -0.39 is 81.0 Å². The number of cyclic esters (lactones) is 4. The number of carboxylic acid groups (broad SMARTS) is 1. The summed E-state index contributed by atoms with van der Waals surface area (Å²) in [6, 6.07) is 6.82. The van der Waals surface area contributed by atoms with Gasteiger partial charge in [-0.15, -0.1) is 0 Å². The van der Waals surface area contributed by atoms with Gasteiger partial charge in [-0.25, -0.2) is 24.0 Å². The van der Waals surface area contributed by atoms with E-state index in [2.05, 4.69) is 9.47 Å². The molecule has 0 spiro atoms. The molecule has 0 saturated carbocycles. The number of carboxylic acids is 1. The number of carbonyl (C=O) groups is 5. The second-order valence-electron chi connectivity index (χ2n) is 8.81. The molecule has 2 aliphatic heterocycles. The Morgan fingerprint density at radius 3 is 1.29 bits per heavy atom. The topological polar surface area (TPSA) is 176 Å². The lowest BCUT2D eigenvalue weighted by atomic mass is 9.71. The first-order chi connectivity index (χ1) is 19.4. The van der Waals surface area contributed by atoms with Gasteiger partial charge in [0.15, 0.2) is 0 Å². The fraction of sp³-hybridized carbons (Fsp3) is 0.115. The van der Waals surface area contributed by atoms with Crippen molar-refractivity contribution >= 4 is 41.2 Å². The number of alkyl halides is 6. The lowest BCUT2D eigenvalue weighted by Gasteiger charge is -2.38. The molecule has 0 amide bonds. The summed E-state index contributed by atoms with van der Waals surface area (Å²) in [5.41, 5.74) is 1.46. The van der Waals surface area contributed by atoms with Crippen LogP contribution in [0.2, 0.25) is 0 Å². The Kier molecular flexibility index (Phi) is 6.97. The van der Waals surface area contributed by atoms with Gasteiger partial charge in [0.1, 0.15) is 0 Å². The summed E-state index contributed by atoms with van der Waals surface area (Å²) in [7, 11) is 0. The second-order valence-corrected chi connectivity index (χ2v) is 8.81. The van der Waals surface area contributed by atoms with Gasteiger partial charge < -0.3 is 26.0 Å². The van der Waals surface area contributed by atoms with Crippen LogP contribution in [0.15, 0.2) is 54.6 Å². The number of fused-ring (bicyclic) bond motifs is 2. The molecule has 3 aromatic rings. The molecular formula is C26H14F6N2O8. The zero-order valence-corrected chi connectivity index (χ0v) is 20.4. The molecule has 0 aromatic heterocycles. The van der Waals surface area contributed by atoms with E-state index in [0.29, 0.717) is 35.6 Å². The number of ether oxygens (including phenoxy) is 2. The number of rotatable bonds is 3. The first kappa shape index (κ1) is 29.6. The first-order valence-electron chi connectivity index (χ1n) is 11.2. The molecule has 0 saturated heterocycles. The minimum absolute atomic E-state index is 0.113. The Balaban J connectivity index is 0.000000310. The predicted molar refractivity (Wildman–Crippen MR) is 127 cm³/mol. The SMILES string of the molecule is Nc1cc(N)cc(C(=O)O)c1.O=C1OC(=O)c2cc(C(c3ccc4c(c3)C(=O)OC4=O)(C(F)(F)F)C(F)(F)F)ccc21. The number of benzene rings is 3. The van der Waals surface area contributed by atoms with Gasteiger partial charge in [0.05, 0.1) is 27.8 Å². The minimum Gasteiger partial charge on any atom is -0.478 e. The number of hydrogen-bond donors (Lipinski definition) is 3. The van der Waals surface area contributed by atoms with Gasteiger partial charge in [-0.1, -0.05) is 12.1 Å². The van der Waals surface area contributed by atoms with Crippen molar-refractivity contribution in [2.75, 3.05) is 11.5 Å². The molecule has 2 heterocycles. The van der Waals surface area contributed by atoms with Crippen LogP contribution < -0.4 is 11.5 Å². The molecule has 0 unspecified atom stereocenters. The monoisotopic (exact) mass is 596 g/mol. The highest BCUT2D eigenvalue weighted by atomic mass is 19.4. The van der Waals surface area contributed by atoms with Gasteiger partial charge in [-0.3, -0.25) is 0 Å². The van der Waals surface area contributed by atoms with E-state index in [-0.39, 0.29) is 17.7 Å². The third kappa shape index (κ3) is 4.76. The fourth-order valence-corrected chi connectivity index (χ4v) is 4.42. The van der Waals surface area contributed by atoms with Crippen molar-refractivity contribution < 1.29 is 64.9 Å². The average molecular weight is 596 g/mol. The Hall–Kier alpha value is -5.41. The number of esters is 4. The highest BCUT2D eigenvalue weighted by Gasteiger charge is 2.73. The Labute approximate surface area is 229 Å². The maximum atomic E-state index is 14.2. The molecule has 0 atom stereocenters. The Morgan fingerprint density at radius 1 is 0.595 bits per heavy atom. The quantitative estimate of drug-likeness (QED) is 0.171. The normalized spacial score (nSPS) is 14.4. The molecule has 5 rings (SSSR count). The lowest BCUT2D eigenvalue weighted by Crippen LogP contribution is -2.55. The molecule has 0 radical (unpaired) electrons. The van der Waals surface area contributed by atoms with Gasteiger partial charge >= 0.3 is 42.2 Å². The maximum absolute atomic E-state index is 14.2. The van der Waals surface area contributed by atoms with Crippen molar-refractivity contribution in [1.82, 2.24) is 0 Å². The number of carbonyl (C=O) groups excluding carboxylic acids is 4. The summed E-state index contributed by atoms with van der Waals surface area (Å²) in [6.45, 7) is 0. The largest absolute Gasteiger partial charge is 0.478 e. The molecule has 16 heteroatoms. The number of aromatic carboxylic acids is 1. The molecule has 2 aliphatic rings. The van der Waals surface area contributed by atoms with Gasteiger partial charge in [-0.05, 0) is 53.6 Å². The molecule has 218 valence electrons. The maximum Gasteiger partial charge on any atom is 0.411 e. The Morgan fingerprint density at radius 2 is 0.952 bits per heavy atom. The summed E-state index contributed by atoms with van der Waals surface area (Å²) in [5.74, 6) is -6.25. The standard InChI is InChI=1S/C19H6F6O6.C7H8N2O2/c20-18(21,22)17(19(23,24)25,7-1-3-9-11(5-7)15(28)30-13(9)26)8-2-4-10-12(6-8)16(29)31-14(10)27;8-5-1-4(7(10)11)2-6(9)3-5/h1-6H;1-3H,8-9H2,(H,10,11). The predicted octanol–water partition coefficient (Wildman–Crippen LogP) is 4.27. The fourth-order valence-electron chi connectivity index (χ4n) is 4.42. The van der Waals surface area contributed by atoms with Gasteiger partial charge in [0.25, 0.3) is 0 Å². The number of nitrogen functional groups attached to an aromatic ring is 2. The summed E-state index contributed by atoms with van der Waals surface area (Å²) in [4.78, 5) is 56.9. The van der Waals surface area contributed by atoms with E-state index in [1.165, 1.54) is 18.2 Å². The minimum atomic E-state index is -6.02. The van der Waals surface area contributed by atoms with Gasteiger partial charge in [-0.2, -0.15) is 26.3 Å². The zero-order chi connectivity index (χ0) is 31.4.